The van der Waals surface area contributed by atoms with E-state index >= 15 is 0 Å². The number of benzene rings is 2. The highest BCUT2D eigenvalue weighted by molar-refractivity contribution is 5.31. The zero-order valence-electron chi connectivity index (χ0n) is 13.1. The Balaban J connectivity index is 1.45. The van der Waals surface area contributed by atoms with Gasteiger partial charge in [-0.2, -0.15) is 0 Å². The fourth-order valence-corrected chi connectivity index (χ4v) is 3.05. The molecular weight excluding hydrogens is 270 g/mol. The Morgan fingerprint density at radius 3 is 2.45 bits per heavy atom. The third kappa shape index (κ3) is 4.60. The normalized spacial score (nSPS) is 18.1. The molecule has 0 spiro atoms. The predicted molar refractivity (Wildman–Crippen MR) is 91.4 cm³/mol. The Labute approximate surface area is 133 Å². The summed E-state index contributed by atoms with van der Waals surface area (Å²) in [6, 6.07) is 19.1. The summed E-state index contributed by atoms with van der Waals surface area (Å²) in [5, 5.41) is 3.46. The zero-order chi connectivity index (χ0) is 15.0. The molecule has 1 N–H and O–H groups in total. The summed E-state index contributed by atoms with van der Waals surface area (Å²) in [7, 11) is 0. The second-order valence-electron chi connectivity index (χ2n) is 6.16. The molecule has 3 rings (SSSR count). The fraction of sp³-hybridized carbons (Fsp3) is 0.400. The lowest BCUT2D eigenvalue weighted by Gasteiger charge is -2.22. The van der Waals surface area contributed by atoms with E-state index < -0.39 is 0 Å². The summed E-state index contributed by atoms with van der Waals surface area (Å²) in [6.45, 7) is 3.16. The maximum atomic E-state index is 5.89. The van der Waals surface area contributed by atoms with E-state index in [1.165, 1.54) is 30.5 Å². The van der Waals surface area contributed by atoms with Crippen LogP contribution in [-0.4, -0.2) is 19.7 Å². The molecule has 0 aromatic heterocycles. The molecule has 1 heterocycles. The first-order valence-corrected chi connectivity index (χ1v) is 8.36. The number of hydrogen-bond donors (Lipinski definition) is 1. The number of ether oxygens (including phenoxy) is 1. The minimum Gasteiger partial charge on any atom is -0.494 e. The van der Waals surface area contributed by atoms with E-state index in [1.807, 2.05) is 0 Å². The molecule has 2 heteroatoms. The molecule has 0 unspecified atom stereocenters. The number of hydrogen-bond acceptors (Lipinski definition) is 2. The van der Waals surface area contributed by atoms with Gasteiger partial charge in [0.05, 0.1) is 6.61 Å². The van der Waals surface area contributed by atoms with Crippen LogP contribution >= 0.6 is 0 Å². The van der Waals surface area contributed by atoms with Crippen molar-refractivity contribution < 1.29 is 4.74 Å². The van der Waals surface area contributed by atoms with Crippen molar-refractivity contribution in [1.82, 2.24) is 5.32 Å². The standard InChI is InChI=1S/C20H25NO/c1-2-5-17(6-3-1)15-18-8-10-20(11-9-18)22-14-12-19-7-4-13-21-16-19/h1-3,5-6,8-11,19,21H,4,7,12-16H2/t19-/m1/s1. The largest absolute Gasteiger partial charge is 0.494 e. The van der Waals surface area contributed by atoms with Crippen molar-refractivity contribution in [3.63, 3.8) is 0 Å². The van der Waals surface area contributed by atoms with Crippen molar-refractivity contribution in [3.05, 3.63) is 65.7 Å². The van der Waals surface area contributed by atoms with Crippen LogP contribution in [0.5, 0.6) is 5.75 Å². The van der Waals surface area contributed by atoms with Crippen molar-refractivity contribution in [2.75, 3.05) is 19.7 Å². The van der Waals surface area contributed by atoms with Gasteiger partial charge in [-0.1, -0.05) is 42.5 Å². The predicted octanol–water partition coefficient (Wildman–Crippen LogP) is 4.05. The van der Waals surface area contributed by atoms with Crippen LogP contribution in [0.2, 0.25) is 0 Å². The van der Waals surface area contributed by atoms with Gasteiger partial charge >= 0.3 is 0 Å². The average molecular weight is 295 g/mol. The summed E-state index contributed by atoms with van der Waals surface area (Å²) in [5.74, 6) is 1.77. The first kappa shape index (κ1) is 15.1. The average Bonchev–Trinajstić information content (AvgIpc) is 2.58. The Kier molecular flexibility index (Phi) is 5.49. The lowest BCUT2D eigenvalue weighted by Crippen LogP contribution is -2.30. The van der Waals surface area contributed by atoms with E-state index in [1.54, 1.807) is 0 Å². The second-order valence-corrected chi connectivity index (χ2v) is 6.16. The summed E-state index contributed by atoms with van der Waals surface area (Å²) in [4.78, 5) is 0. The molecule has 1 saturated heterocycles. The second kappa shape index (κ2) is 8.00. The van der Waals surface area contributed by atoms with Crippen molar-refractivity contribution in [1.29, 1.82) is 0 Å². The van der Waals surface area contributed by atoms with E-state index in [4.69, 9.17) is 4.74 Å². The molecule has 1 fully saturated rings. The third-order valence-electron chi connectivity index (χ3n) is 4.37. The van der Waals surface area contributed by atoms with Crippen LogP contribution in [-0.2, 0) is 6.42 Å². The molecule has 0 bridgehead atoms. The van der Waals surface area contributed by atoms with Gasteiger partial charge in [-0.25, -0.2) is 0 Å². The van der Waals surface area contributed by atoms with Gasteiger partial charge in [-0.05, 0) is 68.0 Å². The Hall–Kier alpha value is -1.80. The van der Waals surface area contributed by atoms with Crippen LogP contribution < -0.4 is 10.1 Å². The summed E-state index contributed by atoms with van der Waals surface area (Å²) in [6.07, 6.45) is 4.78. The topological polar surface area (TPSA) is 21.3 Å². The molecule has 22 heavy (non-hydrogen) atoms. The van der Waals surface area contributed by atoms with Gasteiger partial charge in [0.2, 0.25) is 0 Å². The van der Waals surface area contributed by atoms with Gasteiger partial charge in [-0.15, -0.1) is 0 Å². The maximum Gasteiger partial charge on any atom is 0.119 e. The molecule has 0 amide bonds. The molecule has 0 saturated carbocycles. The molecule has 1 aliphatic heterocycles. The third-order valence-corrected chi connectivity index (χ3v) is 4.37. The minimum absolute atomic E-state index is 0.783. The van der Waals surface area contributed by atoms with E-state index in [-0.39, 0.29) is 0 Å². The molecule has 116 valence electrons. The maximum absolute atomic E-state index is 5.89. The smallest absolute Gasteiger partial charge is 0.119 e. The van der Waals surface area contributed by atoms with Gasteiger partial charge < -0.3 is 10.1 Å². The van der Waals surface area contributed by atoms with Gasteiger partial charge in [0.15, 0.2) is 0 Å². The van der Waals surface area contributed by atoms with E-state index in [0.29, 0.717) is 0 Å². The van der Waals surface area contributed by atoms with Crippen LogP contribution in [0.15, 0.2) is 54.6 Å². The number of rotatable bonds is 6. The summed E-state index contributed by atoms with van der Waals surface area (Å²) in [5.41, 5.74) is 2.68. The molecule has 2 aromatic carbocycles. The molecule has 0 radical (unpaired) electrons. The van der Waals surface area contributed by atoms with Crippen LogP contribution in [0.1, 0.15) is 30.4 Å². The monoisotopic (exact) mass is 295 g/mol. The first-order valence-electron chi connectivity index (χ1n) is 8.36. The van der Waals surface area contributed by atoms with Gasteiger partial charge in [0.1, 0.15) is 5.75 Å². The van der Waals surface area contributed by atoms with Gasteiger partial charge in [0, 0.05) is 0 Å². The van der Waals surface area contributed by atoms with Crippen molar-refractivity contribution in [3.8, 4) is 5.75 Å². The van der Waals surface area contributed by atoms with E-state index in [0.717, 1.165) is 37.7 Å². The lowest BCUT2D eigenvalue weighted by atomic mass is 9.97. The highest BCUT2D eigenvalue weighted by Crippen LogP contribution is 2.18. The Morgan fingerprint density at radius 1 is 0.955 bits per heavy atom. The highest BCUT2D eigenvalue weighted by Gasteiger charge is 2.12. The lowest BCUT2D eigenvalue weighted by molar-refractivity contribution is 0.254. The fourth-order valence-electron chi connectivity index (χ4n) is 3.05. The van der Waals surface area contributed by atoms with E-state index in [2.05, 4.69) is 59.9 Å². The van der Waals surface area contributed by atoms with Gasteiger partial charge in [0.25, 0.3) is 0 Å². The molecule has 1 aliphatic rings. The highest BCUT2D eigenvalue weighted by atomic mass is 16.5. The number of piperidine rings is 1. The Bertz CT molecular complexity index is 544. The van der Waals surface area contributed by atoms with Crippen molar-refractivity contribution >= 4 is 0 Å². The van der Waals surface area contributed by atoms with Crippen LogP contribution in [0.25, 0.3) is 0 Å². The van der Waals surface area contributed by atoms with Crippen LogP contribution in [0.4, 0.5) is 0 Å². The van der Waals surface area contributed by atoms with Crippen molar-refractivity contribution in [2.24, 2.45) is 5.92 Å². The van der Waals surface area contributed by atoms with E-state index in [9.17, 15) is 0 Å². The first-order chi connectivity index (χ1) is 10.9. The number of nitrogens with one attached hydrogen (secondary N) is 1. The van der Waals surface area contributed by atoms with Gasteiger partial charge in [-0.3, -0.25) is 0 Å². The SMILES string of the molecule is c1ccc(Cc2ccc(OCC[C@H]3CCCNC3)cc2)cc1. The Morgan fingerprint density at radius 2 is 1.73 bits per heavy atom. The molecule has 0 aliphatic carbocycles. The quantitative estimate of drug-likeness (QED) is 0.868. The van der Waals surface area contributed by atoms with Crippen molar-refractivity contribution in [2.45, 2.75) is 25.7 Å². The summed E-state index contributed by atoms with van der Waals surface area (Å²) >= 11 is 0. The molecule has 2 nitrogen and oxygen atoms in total. The molecular formula is C20H25NO. The molecule has 1 atom stereocenters. The van der Waals surface area contributed by atoms with Crippen LogP contribution in [0.3, 0.4) is 0 Å². The molecule has 2 aromatic rings. The summed E-state index contributed by atoms with van der Waals surface area (Å²) < 4.78 is 5.89. The zero-order valence-corrected chi connectivity index (χ0v) is 13.1. The minimum atomic E-state index is 0.783. The van der Waals surface area contributed by atoms with Crippen LogP contribution in [0, 0.1) is 5.92 Å².